The van der Waals surface area contributed by atoms with Gasteiger partial charge in [0.25, 0.3) is 0 Å². The highest BCUT2D eigenvalue weighted by molar-refractivity contribution is 5.56. The molecule has 4 nitrogen and oxygen atoms in total. The highest BCUT2D eigenvalue weighted by Gasteiger charge is 2.23. The zero-order valence-corrected chi connectivity index (χ0v) is 11.0. The quantitative estimate of drug-likeness (QED) is 0.929. The molecule has 2 aromatic carbocycles. The van der Waals surface area contributed by atoms with Crippen LogP contribution >= 0.6 is 0 Å². The van der Waals surface area contributed by atoms with Crippen molar-refractivity contribution in [3.8, 4) is 17.2 Å². The molecule has 0 aromatic heterocycles. The fraction of sp³-hybridized carbons (Fsp3) is 0.250. The lowest BCUT2D eigenvalue weighted by molar-refractivity contribution is 0.174. The zero-order valence-electron chi connectivity index (χ0n) is 11.0. The minimum atomic E-state index is 0.308. The SMILES string of the molecule is c1ccc2c(c1)OCC2CNc1ccc2c(c1)OCO2. The summed E-state index contributed by atoms with van der Waals surface area (Å²) in [5.41, 5.74) is 2.32. The molecule has 1 N–H and O–H groups in total. The Kier molecular flexibility index (Phi) is 2.66. The molecule has 2 aromatic rings. The van der Waals surface area contributed by atoms with Gasteiger partial charge < -0.3 is 19.5 Å². The summed E-state index contributed by atoms with van der Waals surface area (Å²) in [5, 5.41) is 3.44. The standard InChI is InChI=1S/C16H15NO3/c1-2-4-14-13(3-1)11(9-18-14)8-17-12-5-6-15-16(7-12)20-10-19-15/h1-7,11,17H,8-10H2. The number of hydrogen-bond acceptors (Lipinski definition) is 4. The Balaban J connectivity index is 1.46. The molecule has 2 aliphatic heterocycles. The molecule has 1 unspecified atom stereocenters. The van der Waals surface area contributed by atoms with E-state index in [4.69, 9.17) is 14.2 Å². The molecule has 2 aliphatic rings. The van der Waals surface area contributed by atoms with E-state index >= 15 is 0 Å². The third kappa shape index (κ3) is 1.93. The molecule has 0 spiro atoms. The monoisotopic (exact) mass is 269 g/mol. The summed E-state index contributed by atoms with van der Waals surface area (Å²) in [6.45, 7) is 1.89. The maximum absolute atomic E-state index is 5.69. The normalized spacial score (nSPS) is 18.5. The minimum absolute atomic E-state index is 0.308. The summed E-state index contributed by atoms with van der Waals surface area (Å²) in [6.07, 6.45) is 0. The van der Waals surface area contributed by atoms with Crippen molar-refractivity contribution < 1.29 is 14.2 Å². The minimum Gasteiger partial charge on any atom is -0.493 e. The van der Waals surface area contributed by atoms with Crippen LogP contribution in [0, 0.1) is 0 Å². The molecule has 0 amide bonds. The number of para-hydroxylation sites is 1. The summed E-state index contributed by atoms with van der Waals surface area (Å²) in [5.74, 6) is 3.00. The van der Waals surface area contributed by atoms with E-state index < -0.39 is 0 Å². The van der Waals surface area contributed by atoms with E-state index in [-0.39, 0.29) is 0 Å². The summed E-state index contributed by atoms with van der Waals surface area (Å²) in [6, 6.07) is 14.1. The molecular weight excluding hydrogens is 254 g/mol. The van der Waals surface area contributed by atoms with E-state index in [0.29, 0.717) is 12.7 Å². The second-order valence-electron chi connectivity index (χ2n) is 4.99. The first-order valence-electron chi connectivity index (χ1n) is 6.75. The van der Waals surface area contributed by atoms with Gasteiger partial charge in [-0.05, 0) is 18.2 Å². The first-order chi connectivity index (χ1) is 9.90. The van der Waals surface area contributed by atoms with E-state index in [1.54, 1.807) is 0 Å². The number of ether oxygens (including phenoxy) is 3. The molecule has 0 saturated carbocycles. The Morgan fingerprint density at radius 3 is 2.85 bits per heavy atom. The van der Waals surface area contributed by atoms with Gasteiger partial charge in [0.05, 0.1) is 6.61 Å². The lowest BCUT2D eigenvalue weighted by atomic mass is 10.0. The number of fused-ring (bicyclic) bond motifs is 2. The molecule has 102 valence electrons. The fourth-order valence-electron chi connectivity index (χ4n) is 2.65. The Bertz CT molecular complexity index is 641. The molecule has 0 radical (unpaired) electrons. The lowest BCUT2D eigenvalue weighted by Crippen LogP contribution is -2.13. The number of rotatable bonds is 3. The second kappa shape index (κ2) is 4.63. The Morgan fingerprint density at radius 1 is 0.950 bits per heavy atom. The smallest absolute Gasteiger partial charge is 0.231 e. The summed E-state index contributed by atoms with van der Waals surface area (Å²) < 4.78 is 16.4. The van der Waals surface area contributed by atoms with Gasteiger partial charge in [-0.3, -0.25) is 0 Å². The van der Waals surface area contributed by atoms with Crippen molar-refractivity contribution in [3.05, 3.63) is 48.0 Å². The van der Waals surface area contributed by atoms with Crippen LogP contribution in [-0.4, -0.2) is 19.9 Å². The van der Waals surface area contributed by atoms with Crippen LogP contribution in [0.2, 0.25) is 0 Å². The Hall–Kier alpha value is -2.36. The van der Waals surface area contributed by atoms with Gasteiger partial charge in [0, 0.05) is 29.8 Å². The van der Waals surface area contributed by atoms with Crippen LogP contribution in [0.4, 0.5) is 5.69 Å². The van der Waals surface area contributed by atoms with Gasteiger partial charge in [-0.1, -0.05) is 18.2 Å². The van der Waals surface area contributed by atoms with Crippen LogP contribution in [0.15, 0.2) is 42.5 Å². The third-order valence-electron chi connectivity index (χ3n) is 3.72. The molecule has 0 bridgehead atoms. The van der Waals surface area contributed by atoms with Crippen LogP contribution < -0.4 is 19.5 Å². The second-order valence-corrected chi connectivity index (χ2v) is 4.99. The molecule has 20 heavy (non-hydrogen) atoms. The molecular formula is C16H15NO3. The van der Waals surface area contributed by atoms with E-state index in [1.807, 2.05) is 30.3 Å². The van der Waals surface area contributed by atoms with Gasteiger partial charge in [-0.25, -0.2) is 0 Å². The highest BCUT2D eigenvalue weighted by atomic mass is 16.7. The van der Waals surface area contributed by atoms with Crippen molar-refractivity contribution in [2.45, 2.75) is 5.92 Å². The van der Waals surface area contributed by atoms with Crippen LogP contribution in [-0.2, 0) is 0 Å². The predicted octanol–water partition coefficient (Wildman–Crippen LogP) is 3.00. The van der Waals surface area contributed by atoms with Crippen LogP contribution in [0.3, 0.4) is 0 Å². The van der Waals surface area contributed by atoms with Gasteiger partial charge in [-0.2, -0.15) is 0 Å². The van der Waals surface area contributed by atoms with Crippen LogP contribution in [0.5, 0.6) is 17.2 Å². The molecule has 2 heterocycles. The van der Waals surface area contributed by atoms with Gasteiger partial charge in [0.1, 0.15) is 5.75 Å². The van der Waals surface area contributed by atoms with E-state index in [0.717, 1.165) is 36.1 Å². The number of nitrogens with one attached hydrogen (secondary N) is 1. The Labute approximate surface area is 117 Å². The van der Waals surface area contributed by atoms with Crippen molar-refractivity contribution in [3.63, 3.8) is 0 Å². The lowest BCUT2D eigenvalue weighted by Gasteiger charge is -2.12. The molecule has 1 atom stereocenters. The van der Waals surface area contributed by atoms with Crippen molar-refractivity contribution in [1.82, 2.24) is 0 Å². The molecule has 4 rings (SSSR count). The average Bonchev–Trinajstić information content (AvgIpc) is 3.11. The third-order valence-corrected chi connectivity index (χ3v) is 3.72. The van der Waals surface area contributed by atoms with Crippen molar-refractivity contribution >= 4 is 5.69 Å². The van der Waals surface area contributed by atoms with Gasteiger partial charge >= 0.3 is 0 Å². The van der Waals surface area contributed by atoms with E-state index in [1.165, 1.54) is 5.56 Å². The summed E-state index contributed by atoms with van der Waals surface area (Å²) >= 11 is 0. The summed E-state index contributed by atoms with van der Waals surface area (Å²) in [7, 11) is 0. The molecule has 4 heteroatoms. The van der Waals surface area contributed by atoms with Gasteiger partial charge in [-0.15, -0.1) is 0 Å². The first-order valence-corrected chi connectivity index (χ1v) is 6.75. The van der Waals surface area contributed by atoms with Crippen LogP contribution in [0.1, 0.15) is 11.5 Å². The number of benzene rings is 2. The number of anilines is 1. The Morgan fingerprint density at radius 2 is 1.85 bits per heavy atom. The van der Waals surface area contributed by atoms with Gasteiger partial charge in [0.15, 0.2) is 11.5 Å². The van der Waals surface area contributed by atoms with Gasteiger partial charge in [0.2, 0.25) is 6.79 Å². The maximum atomic E-state index is 5.69. The topological polar surface area (TPSA) is 39.7 Å². The molecule has 0 saturated heterocycles. The molecule has 0 aliphatic carbocycles. The maximum Gasteiger partial charge on any atom is 0.231 e. The molecule has 0 fully saturated rings. The van der Waals surface area contributed by atoms with Crippen molar-refractivity contribution in [1.29, 1.82) is 0 Å². The number of hydrogen-bond donors (Lipinski definition) is 1. The van der Waals surface area contributed by atoms with Crippen LogP contribution in [0.25, 0.3) is 0 Å². The first kappa shape index (κ1) is 11.5. The summed E-state index contributed by atoms with van der Waals surface area (Å²) in [4.78, 5) is 0. The fourth-order valence-corrected chi connectivity index (χ4v) is 2.65. The predicted molar refractivity (Wildman–Crippen MR) is 75.7 cm³/mol. The van der Waals surface area contributed by atoms with E-state index in [2.05, 4.69) is 17.4 Å². The average molecular weight is 269 g/mol. The van der Waals surface area contributed by atoms with Crippen molar-refractivity contribution in [2.24, 2.45) is 0 Å². The largest absolute Gasteiger partial charge is 0.493 e. The zero-order chi connectivity index (χ0) is 13.4. The highest BCUT2D eigenvalue weighted by Crippen LogP contribution is 2.36. The van der Waals surface area contributed by atoms with E-state index in [9.17, 15) is 0 Å². The van der Waals surface area contributed by atoms with Crippen molar-refractivity contribution in [2.75, 3.05) is 25.3 Å².